The van der Waals surface area contributed by atoms with Crippen molar-refractivity contribution in [3.05, 3.63) is 83.7 Å². The maximum Gasteiger partial charge on any atom is 0.416 e. The second kappa shape index (κ2) is 9.36. The van der Waals surface area contributed by atoms with E-state index in [1.165, 1.54) is 30.3 Å². The van der Waals surface area contributed by atoms with E-state index in [-0.39, 0.29) is 23.3 Å². The number of rotatable bonds is 5. The van der Waals surface area contributed by atoms with Crippen LogP contribution in [0.25, 0.3) is 17.3 Å². The molecule has 4 aromatic rings. The maximum absolute atomic E-state index is 13.2. The summed E-state index contributed by atoms with van der Waals surface area (Å²) < 4.78 is 80.3. The Morgan fingerprint density at radius 1 is 0.889 bits per heavy atom. The Bertz CT molecular complexity index is 1350. The lowest BCUT2D eigenvalue weighted by Gasteiger charge is -2.17. The third-order valence-corrected chi connectivity index (χ3v) is 4.92. The molecule has 3 aromatic heterocycles. The van der Waals surface area contributed by atoms with Gasteiger partial charge in [0, 0.05) is 24.2 Å². The Labute approximate surface area is 199 Å². The molecule has 1 N–H and O–H groups in total. The molecule has 4 rings (SSSR count). The molecule has 0 bridgehead atoms. The molecule has 3 heterocycles. The minimum Gasteiger partial charge on any atom is -0.344 e. The highest BCUT2D eigenvalue weighted by molar-refractivity contribution is 5.95. The first-order chi connectivity index (χ1) is 16.9. The lowest BCUT2D eigenvalue weighted by atomic mass is 10.0. The van der Waals surface area contributed by atoms with Gasteiger partial charge in [-0.05, 0) is 37.3 Å². The third kappa shape index (κ3) is 5.31. The number of benzene rings is 1. The van der Waals surface area contributed by atoms with Crippen LogP contribution in [0.4, 0.5) is 26.3 Å². The van der Waals surface area contributed by atoms with Gasteiger partial charge in [-0.3, -0.25) is 9.78 Å². The van der Waals surface area contributed by atoms with E-state index in [0.717, 1.165) is 0 Å². The molecule has 1 aromatic carbocycles. The lowest BCUT2D eigenvalue weighted by Crippen LogP contribution is -2.28. The van der Waals surface area contributed by atoms with E-state index in [1.807, 2.05) is 0 Å². The monoisotopic (exact) mass is 507 g/mol. The number of nitrogens with zero attached hydrogens (tertiary/aromatic N) is 6. The zero-order chi connectivity index (χ0) is 26.1. The molecule has 0 saturated carbocycles. The first kappa shape index (κ1) is 24.8. The molecule has 1 amide bonds. The third-order valence-electron chi connectivity index (χ3n) is 4.92. The molecule has 0 spiro atoms. The van der Waals surface area contributed by atoms with Crippen LogP contribution in [0.2, 0.25) is 0 Å². The van der Waals surface area contributed by atoms with E-state index in [9.17, 15) is 31.1 Å². The fourth-order valence-electron chi connectivity index (χ4n) is 3.24. The molecule has 8 nitrogen and oxygen atoms in total. The van der Waals surface area contributed by atoms with Gasteiger partial charge in [0.05, 0.1) is 22.9 Å². The standard InChI is InChI=1S/C22H15F6N7O/c1-12(33-20(36)13-8-14(21(23,24)25)10-15(9-13)22(26,27)28)17-18(31-7-6-30-17)19-32-11-35(34-19)16-4-2-3-5-29-16/h2-12H,1H3,(H,33,36). The van der Waals surface area contributed by atoms with Gasteiger partial charge >= 0.3 is 12.4 Å². The summed E-state index contributed by atoms with van der Waals surface area (Å²) in [7, 11) is 0. The largest absolute Gasteiger partial charge is 0.416 e. The topological polar surface area (TPSA) is 98.5 Å². The molecular weight excluding hydrogens is 492 g/mol. The van der Waals surface area contributed by atoms with E-state index in [4.69, 9.17) is 0 Å². The van der Waals surface area contributed by atoms with Crippen LogP contribution < -0.4 is 5.32 Å². The van der Waals surface area contributed by atoms with Crippen LogP contribution in [0, 0.1) is 0 Å². The molecule has 36 heavy (non-hydrogen) atoms. The highest BCUT2D eigenvalue weighted by atomic mass is 19.4. The summed E-state index contributed by atoms with van der Waals surface area (Å²) in [5.41, 5.74) is -3.71. The Hall–Kier alpha value is -4.36. The van der Waals surface area contributed by atoms with Crippen LogP contribution in [-0.4, -0.2) is 35.6 Å². The lowest BCUT2D eigenvalue weighted by molar-refractivity contribution is -0.143. The molecule has 186 valence electrons. The van der Waals surface area contributed by atoms with Crippen molar-refractivity contribution >= 4 is 5.91 Å². The summed E-state index contributed by atoms with van der Waals surface area (Å²) in [5.74, 6) is -0.584. The van der Waals surface area contributed by atoms with Crippen LogP contribution in [0.15, 0.2) is 61.3 Å². The van der Waals surface area contributed by atoms with Gasteiger partial charge in [0.1, 0.15) is 12.0 Å². The fraction of sp³-hybridized carbons (Fsp3) is 0.182. The quantitative estimate of drug-likeness (QED) is 0.395. The number of alkyl halides is 6. The Balaban J connectivity index is 1.63. The summed E-state index contributed by atoms with van der Waals surface area (Å²) in [6.07, 6.45) is -4.59. The summed E-state index contributed by atoms with van der Waals surface area (Å²) in [4.78, 5) is 29.3. The van der Waals surface area contributed by atoms with Gasteiger partial charge in [-0.25, -0.2) is 19.6 Å². The molecular formula is C22H15F6N7O. The molecule has 0 aliphatic heterocycles. The Morgan fingerprint density at radius 3 is 2.17 bits per heavy atom. The fourth-order valence-corrected chi connectivity index (χ4v) is 3.24. The number of hydrogen-bond donors (Lipinski definition) is 1. The zero-order valence-corrected chi connectivity index (χ0v) is 18.2. The van der Waals surface area contributed by atoms with Gasteiger partial charge < -0.3 is 5.32 Å². The molecule has 1 atom stereocenters. The minimum atomic E-state index is -5.09. The van der Waals surface area contributed by atoms with E-state index in [2.05, 4.69) is 30.4 Å². The summed E-state index contributed by atoms with van der Waals surface area (Å²) in [5, 5.41) is 6.65. The number of nitrogens with one attached hydrogen (secondary N) is 1. The Kier molecular flexibility index (Phi) is 6.43. The van der Waals surface area contributed by atoms with Crippen molar-refractivity contribution in [1.82, 2.24) is 35.0 Å². The highest BCUT2D eigenvalue weighted by Gasteiger charge is 2.37. The number of halogens is 6. The van der Waals surface area contributed by atoms with E-state index in [1.54, 1.807) is 24.4 Å². The van der Waals surface area contributed by atoms with Gasteiger partial charge in [0.25, 0.3) is 5.91 Å². The summed E-state index contributed by atoms with van der Waals surface area (Å²) in [6.45, 7) is 1.44. The number of aromatic nitrogens is 6. The molecule has 0 aliphatic carbocycles. The molecule has 0 saturated heterocycles. The van der Waals surface area contributed by atoms with Crippen LogP contribution in [-0.2, 0) is 12.4 Å². The smallest absolute Gasteiger partial charge is 0.344 e. The maximum atomic E-state index is 13.2. The van der Waals surface area contributed by atoms with Crippen LogP contribution in [0.5, 0.6) is 0 Å². The van der Waals surface area contributed by atoms with Gasteiger partial charge in [-0.15, -0.1) is 5.10 Å². The molecule has 0 radical (unpaired) electrons. The van der Waals surface area contributed by atoms with Crippen LogP contribution in [0.3, 0.4) is 0 Å². The average molecular weight is 507 g/mol. The van der Waals surface area contributed by atoms with Gasteiger partial charge in [0.15, 0.2) is 5.82 Å². The van der Waals surface area contributed by atoms with Crippen LogP contribution >= 0.6 is 0 Å². The number of amides is 1. The van der Waals surface area contributed by atoms with E-state index >= 15 is 0 Å². The molecule has 1 unspecified atom stereocenters. The van der Waals surface area contributed by atoms with Crippen molar-refractivity contribution in [2.24, 2.45) is 0 Å². The van der Waals surface area contributed by atoms with Crippen molar-refractivity contribution < 1.29 is 31.1 Å². The Morgan fingerprint density at radius 2 is 1.56 bits per heavy atom. The van der Waals surface area contributed by atoms with Crippen molar-refractivity contribution in [3.8, 4) is 17.3 Å². The second-order valence-corrected chi connectivity index (χ2v) is 7.48. The second-order valence-electron chi connectivity index (χ2n) is 7.48. The van der Waals surface area contributed by atoms with Crippen molar-refractivity contribution in [2.45, 2.75) is 25.3 Å². The van der Waals surface area contributed by atoms with Crippen LogP contribution in [0.1, 0.15) is 40.1 Å². The van der Waals surface area contributed by atoms with Gasteiger partial charge in [-0.2, -0.15) is 26.3 Å². The number of pyridine rings is 1. The van der Waals surface area contributed by atoms with Gasteiger partial charge in [0.2, 0.25) is 5.82 Å². The zero-order valence-electron chi connectivity index (χ0n) is 18.2. The normalized spacial score (nSPS) is 12.9. The predicted molar refractivity (Wildman–Crippen MR) is 113 cm³/mol. The first-order valence-corrected chi connectivity index (χ1v) is 10.2. The van der Waals surface area contributed by atoms with E-state index < -0.39 is 41.0 Å². The first-order valence-electron chi connectivity index (χ1n) is 10.2. The minimum absolute atomic E-state index is 0.0510. The summed E-state index contributed by atoms with van der Waals surface area (Å²) in [6, 6.07) is 4.82. The number of carbonyl (C=O) groups excluding carboxylic acids is 1. The highest BCUT2D eigenvalue weighted by Crippen LogP contribution is 2.36. The SMILES string of the molecule is CC(NC(=O)c1cc(C(F)(F)F)cc(C(F)(F)F)c1)c1nccnc1-c1ncn(-c2ccccn2)n1. The molecule has 14 heteroatoms. The van der Waals surface area contributed by atoms with Gasteiger partial charge in [-0.1, -0.05) is 6.07 Å². The number of hydrogen-bond acceptors (Lipinski definition) is 6. The van der Waals surface area contributed by atoms with Crippen molar-refractivity contribution in [3.63, 3.8) is 0 Å². The van der Waals surface area contributed by atoms with Crippen molar-refractivity contribution in [1.29, 1.82) is 0 Å². The number of carbonyl (C=O) groups is 1. The van der Waals surface area contributed by atoms with E-state index in [0.29, 0.717) is 18.0 Å². The predicted octanol–water partition coefficient (Wildman–Crippen LogP) is 4.65. The summed E-state index contributed by atoms with van der Waals surface area (Å²) >= 11 is 0. The van der Waals surface area contributed by atoms with Crippen molar-refractivity contribution in [2.75, 3.05) is 0 Å². The molecule has 0 aliphatic rings. The average Bonchev–Trinajstić information content (AvgIpc) is 3.33. The molecule has 0 fully saturated rings.